The van der Waals surface area contributed by atoms with Gasteiger partial charge in [-0.25, -0.2) is 0 Å². The lowest BCUT2D eigenvalue weighted by atomic mass is 9.84. The lowest BCUT2D eigenvalue weighted by Crippen LogP contribution is -2.25. The van der Waals surface area contributed by atoms with Crippen LogP contribution in [0.3, 0.4) is 0 Å². The quantitative estimate of drug-likeness (QED) is 0.620. The minimum Gasteiger partial charge on any atom is -0.330 e. The lowest BCUT2D eigenvalue weighted by Gasteiger charge is -2.24. The third kappa shape index (κ3) is 1.61. The van der Waals surface area contributed by atoms with E-state index in [2.05, 4.69) is 13.0 Å². The van der Waals surface area contributed by atoms with Gasteiger partial charge in [0, 0.05) is 17.0 Å². The second-order valence-electron chi connectivity index (χ2n) is 2.98. The van der Waals surface area contributed by atoms with Crippen molar-refractivity contribution in [3.63, 3.8) is 0 Å². The fraction of sp³-hybridized carbons (Fsp3) is 0.500. The minimum absolute atomic E-state index is 0.137. The van der Waals surface area contributed by atoms with Gasteiger partial charge < -0.3 is 5.73 Å². The average Bonchev–Trinajstić information content (AvgIpc) is 1.96. The Morgan fingerprint density at radius 2 is 2.50 bits per heavy atom. The van der Waals surface area contributed by atoms with Crippen LogP contribution in [0.25, 0.3) is 0 Å². The van der Waals surface area contributed by atoms with Crippen LogP contribution < -0.4 is 5.73 Å². The molecule has 0 radical (unpaired) electrons. The van der Waals surface area contributed by atoms with Gasteiger partial charge in [0.1, 0.15) is 0 Å². The topological polar surface area (TPSA) is 26.0 Å². The molecule has 2 N–H and O–H groups in total. The fourth-order valence-electron chi connectivity index (χ4n) is 0.899. The van der Waals surface area contributed by atoms with Crippen LogP contribution in [0.4, 0.5) is 0 Å². The largest absolute Gasteiger partial charge is 0.330 e. The van der Waals surface area contributed by atoms with E-state index < -0.39 is 0 Å². The molecule has 0 fully saturated rings. The Labute approximate surface area is 66.6 Å². The molecule has 0 saturated heterocycles. The molecule has 0 aromatic heterocycles. The van der Waals surface area contributed by atoms with Crippen molar-refractivity contribution in [2.45, 2.75) is 13.3 Å². The van der Waals surface area contributed by atoms with Crippen LogP contribution in [0.5, 0.6) is 0 Å². The van der Waals surface area contributed by atoms with E-state index in [1.54, 1.807) is 0 Å². The van der Waals surface area contributed by atoms with E-state index in [-0.39, 0.29) is 5.41 Å². The Morgan fingerprint density at radius 3 is 2.90 bits per heavy atom. The molecule has 1 nitrogen and oxygen atoms in total. The summed E-state index contributed by atoms with van der Waals surface area (Å²) in [5.74, 6) is 0. The van der Waals surface area contributed by atoms with Crippen LogP contribution >= 0.6 is 11.6 Å². The van der Waals surface area contributed by atoms with Crippen LogP contribution in [0.1, 0.15) is 13.3 Å². The maximum Gasteiger partial charge on any atom is 0.0363 e. The van der Waals surface area contributed by atoms with Gasteiger partial charge in [0.2, 0.25) is 0 Å². The predicted molar refractivity (Wildman–Crippen MR) is 44.9 cm³/mol. The van der Waals surface area contributed by atoms with Gasteiger partial charge >= 0.3 is 0 Å². The third-order valence-corrected chi connectivity index (χ3v) is 2.15. The van der Waals surface area contributed by atoms with Gasteiger partial charge in [0.25, 0.3) is 0 Å². The lowest BCUT2D eigenvalue weighted by molar-refractivity contribution is 0.443. The Morgan fingerprint density at radius 1 is 1.80 bits per heavy atom. The van der Waals surface area contributed by atoms with E-state index in [0.29, 0.717) is 6.54 Å². The number of nitrogens with two attached hydrogens (primary N) is 1. The Bertz CT molecular complexity index is 184. The van der Waals surface area contributed by atoms with Crippen molar-refractivity contribution in [2.75, 3.05) is 6.54 Å². The second-order valence-corrected chi connectivity index (χ2v) is 3.42. The molecule has 0 unspecified atom stereocenters. The highest BCUT2D eigenvalue weighted by molar-refractivity contribution is 6.31. The van der Waals surface area contributed by atoms with Crippen LogP contribution in [-0.2, 0) is 0 Å². The third-order valence-electron chi connectivity index (χ3n) is 1.87. The van der Waals surface area contributed by atoms with Crippen molar-refractivity contribution in [3.05, 3.63) is 23.3 Å². The van der Waals surface area contributed by atoms with Crippen LogP contribution in [-0.4, -0.2) is 6.54 Å². The van der Waals surface area contributed by atoms with E-state index in [4.69, 9.17) is 17.3 Å². The first-order valence-corrected chi connectivity index (χ1v) is 3.79. The zero-order chi connectivity index (χ0) is 7.61. The van der Waals surface area contributed by atoms with Crippen LogP contribution in [0, 0.1) is 5.41 Å². The summed E-state index contributed by atoms with van der Waals surface area (Å²) >= 11 is 5.73. The summed E-state index contributed by atoms with van der Waals surface area (Å²) in [5, 5.41) is 0.825. The van der Waals surface area contributed by atoms with E-state index in [0.717, 1.165) is 11.5 Å². The van der Waals surface area contributed by atoms with Gasteiger partial charge in [-0.05, 0) is 12.5 Å². The molecule has 1 aliphatic rings. The number of allylic oxidation sites excluding steroid dienone is 3. The highest BCUT2D eigenvalue weighted by atomic mass is 35.5. The van der Waals surface area contributed by atoms with E-state index >= 15 is 0 Å². The number of halogens is 1. The zero-order valence-electron chi connectivity index (χ0n) is 6.10. The summed E-state index contributed by atoms with van der Waals surface area (Å²) in [7, 11) is 0. The molecule has 56 valence electrons. The maximum atomic E-state index is 5.73. The molecule has 0 saturated carbocycles. The van der Waals surface area contributed by atoms with Gasteiger partial charge in [-0.1, -0.05) is 30.7 Å². The first-order chi connectivity index (χ1) is 4.66. The van der Waals surface area contributed by atoms with Crippen molar-refractivity contribution in [1.29, 1.82) is 0 Å². The van der Waals surface area contributed by atoms with Crippen LogP contribution in [0.2, 0.25) is 0 Å². The first kappa shape index (κ1) is 7.83. The molecule has 0 aromatic carbocycles. The molecular weight excluding hydrogens is 146 g/mol. The van der Waals surface area contributed by atoms with E-state index in [9.17, 15) is 0 Å². The summed E-state index contributed by atoms with van der Waals surface area (Å²) in [5.41, 5.74) is 5.70. The van der Waals surface area contributed by atoms with Crippen molar-refractivity contribution >= 4 is 11.6 Å². The molecule has 0 aromatic rings. The van der Waals surface area contributed by atoms with E-state index in [1.165, 1.54) is 0 Å². The summed E-state index contributed by atoms with van der Waals surface area (Å²) in [6.45, 7) is 2.81. The second kappa shape index (κ2) is 2.77. The number of hydrogen-bond donors (Lipinski definition) is 1. The maximum absolute atomic E-state index is 5.73. The first-order valence-electron chi connectivity index (χ1n) is 3.41. The van der Waals surface area contributed by atoms with Crippen molar-refractivity contribution in [3.8, 4) is 0 Å². The smallest absolute Gasteiger partial charge is 0.0363 e. The normalized spacial score (nSPS) is 32.1. The van der Waals surface area contributed by atoms with Crippen molar-refractivity contribution in [1.82, 2.24) is 0 Å². The minimum atomic E-state index is 0.137. The standard InChI is InChI=1S/C8H12ClN/c1-8(6-10)4-2-7(9)3-5-8/h2-4H,5-6,10H2,1H3/t8-/m0/s1. The molecule has 0 amide bonds. The predicted octanol–water partition coefficient (Wildman–Crippen LogP) is 2.03. The Hall–Kier alpha value is -0.270. The Kier molecular flexibility index (Phi) is 2.17. The molecule has 0 aliphatic heterocycles. The SMILES string of the molecule is C[C@]1(CN)C=CC(Cl)=CC1. The summed E-state index contributed by atoms with van der Waals surface area (Å²) in [4.78, 5) is 0. The van der Waals surface area contributed by atoms with Gasteiger partial charge in [0.15, 0.2) is 0 Å². The van der Waals surface area contributed by atoms with Gasteiger partial charge in [0.05, 0.1) is 0 Å². The van der Waals surface area contributed by atoms with E-state index in [1.807, 2.05) is 12.2 Å². The summed E-state index contributed by atoms with van der Waals surface area (Å²) < 4.78 is 0. The highest BCUT2D eigenvalue weighted by Crippen LogP contribution is 2.28. The van der Waals surface area contributed by atoms with Crippen molar-refractivity contribution < 1.29 is 0 Å². The molecule has 1 atom stereocenters. The fourth-order valence-corrected chi connectivity index (χ4v) is 1.04. The molecule has 1 rings (SSSR count). The van der Waals surface area contributed by atoms with Crippen LogP contribution in [0.15, 0.2) is 23.3 Å². The highest BCUT2D eigenvalue weighted by Gasteiger charge is 2.19. The van der Waals surface area contributed by atoms with Gasteiger partial charge in [-0.2, -0.15) is 0 Å². The number of rotatable bonds is 1. The van der Waals surface area contributed by atoms with Gasteiger partial charge in [-0.15, -0.1) is 0 Å². The molecule has 10 heavy (non-hydrogen) atoms. The monoisotopic (exact) mass is 157 g/mol. The molecule has 1 aliphatic carbocycles. The molecule has 2 heteroatoms. The molecule has 0 heterocycles. The average molecular weight is 158 g/mol. The molecular formula is C8H12ClN. The number of hydrogen-bond acceptors (Lipinski definition) is 1. The van der Waals surface area contributed by atoms with Crippen molar-refractivity contribution in [2.24, 2.45) is 11.1 Å². The summed E-state index contributed by atoms with van der Waals surface area (Å²) in [6.07, 6.45) is 6.96. The molecule has 0 bridgehead atoms. The summed E-state index contributed by atoms with van der Waals surface area (Å²) in [6, 6.07) is 0. The van der Waals surface area contributed by atoms with Gasteiger partial charge in [-0.3, -0.25) is 0 Å². The zero-order valence-corrected chi connectivity index (χ0v) is 6.86. The molecule has 0 spiro atoms. The Balaban J connectivity index is 2.67.